The Balaban J connectivity index is 1.68. The number of aryl methyl sites for hydroxylation is 1. The fourth-order valence-electron chi connectivity index (χ4n) is 4.11. The average Bonchev–Trinajstić information content (AvgIpc) is 3.08. The molecule has 1 aromatic heterocycles. The molecule has 1 amide bonds. The number of piperazine rings is 1. The summed E-state index contributed by atoms with van der Waals surface area (Å²) < 4.78 is 40.3. The normalized spacial score (nSPS) is 15.3. The maximum atomic E-state index is 13.3. The lowest BCUT2D eigenvalue weighted by Crippen LogP contribution is -2.51. The number of carbonyl (C=O) groups is 1. The zero-order chi connectivity index (χ0) is 23.6. The van der Waals surface area contributed by atoms with Crippen molar-refractivity contribution in [3.63, 3.8) is 0 Å². The van der Waals surface area contributed by atoms with Crippen molar-refractivity contribution in [2.75, 3.05) is 40.4 Å². The van der Waals surface area contributed by atoms with Gasteiger partial charge in [0.05, 0.1) is 32.0 Å². The molecule has 1 aromatic carbocycles. The van der Waals surface area contributed by atoms with Gasteiger partial charge in [0.25, 0.3) is 0 Å². The summed E-state index contributed by atoms with van der Waals surface area (Å²) in [5.41, 5.74) is 1.96. The van der Waals surface area contributed by atoms with Gasteiger partial charge >= 0.3 is 0 Å². The summed E-state index contributed by atoms with van der Waals surface area (Å²) in [5, 5.41) is 4.41. The summed E-state index contributed by atoms with van der Waals surface area (Å²) in [6, 6.07) is 5.46. The lowest BCUT2D eigenvalue weighted by Gasteiger charge is -2.34. The van der Waals surface area contributed by atoms with E-state index in [1.807, 2.05) is 19.9 Å². The number of aromatic nitrogens is 2. The van der Waals surface area contributed by atoms with Crippen LogP contribution in [-0.4, -0.2) is 73.7 Å². The molecule has 0 bridgehead atoms. The molecule has 10 heteroatoms. The first kappa shape index (κ1) is 24.1. The Labute approximate surface area is 190 Å². The average molecular weight is 465 g/mol. The van der Waals surface area contributed by atoms with Gasteiger partial charge in [0.15, 0.2) is 11.5 Å². The van der Waals surface area contributed by atoms with Crippen LogP contribution in [0.1, 0.15) is 36.8 Å². The van der Waals surface area contributed by atoms with E-state index in [4.69, 9.17) is 9.47 Å². The third-order valence-electron chi connectivity index (χ3n) is 5.74. The van der Waals surface area contributed by atoms with Gasteiger partial charge in [-0.15, -0.1) is 0 Å². The standard InChI is InChI=1S/C22H32N4O5S/c1-15(2)26-17(4)22(16(3)23-26)32(28,29)25-11-9-24(10-12-25)21(27)14-18-7-8-19(30-5)20(13-18)31-6/h7-8,13,15H,9-12,14H2,1-6H3. The molecule has 32 heavy (non-hydrogen) atoms. The first-order valence-electron chi connectivity index (χ1n) is 10.6. The zero-order valence-electron chi connectivity index (χ0n) is 19.6. The molecule has 0 unspecified atom stereocenters. The van der Waals surface area contributed by atoms with E-state index in [1.54, 1.807) is 49.8 Å². The Hall–Kier alpha value is -2.59. The second kappa shape index (κ2) is 9.50. The van der Waals surface area contributed by atoms with Crippen LogP contribution < -0.4 is 9.47 Å². The van der Waals surface area contributed by atoms with Gasteiger partial charge in [-0.25, -0.2) is 8.42 Å². The van der Waals surface area contributed by atoms with E-state index in [0.717, 1.165) is 5.56 Å². The molecule has 0 atom stereocenters. The number of ether oxygens (including phenoxy) is 2. The predicted molar refractivity (Wildman–Crippen MR) is 121 cm³/mol. The van der Waals surface area contributed by atoms with Crippen LogP contribution in [0.3, 0.4) is 0 Å². The summed E-state index contributed by atoms with van der Waals surface area (Å²) in [6.07, 6.45) is 0.215. The Bertz CT molecular complexity index is 1090. The number of hydrogen-bond acceptors (Lipinski definition) is 6. The first-order chi connectivity index (χ1) is 15.1. The Morgan fingerprint density at radius 3 is 2.22 bits per heavy atom. The molecule has 1 saturated heterocycles. The van der Waals surface area contributed by atoms with Crippen molar-refractivity contribution in [3.8, 4) is 11.5 Å². The lowest BCUT2D eigenvalue weighted by atomic mass is 10.1. The predicted octanol–water partition coefficient (Wildman–Crippen LogP) is 2.17. The number of benzene rings is 1. The van der Waals surface area contributed by atoms with E-state index >= 15 is 0 Å². The molecular weight excluding hydrogens is 432 g/mol. The van der Waals surface area contributed by atoms with Crippen molar-refractivity contribution in [1.82, 2.24) is 19.0 Å². The Morgan fingerprint density at radius 1 is 1.06 bits per heavy atom. The van der Waals surface area contributed by atoms with Crippen LogP contribution in [0.4, 0.5) is 0 Å². The SMILES string of the molecule is COc1ccc(CC(=O)N2CCN(S(=O)(=O)c3c(C)nn(C(C)C)c3C)CC2)cc1OC. The smallest absolute Gasteiger partial charge is 0.246 e. The second-order valence-electron chi connectivity index (χ2n) is 8.19. The summed E-state index contributed by atoms with van der Waals surface area (Å²) in [7, 11) is -0.564. The molecule has 9 nitrogen and oxygen atoms in total. The van der Waals surface area contributed by atoms with Crippen molar-refractivity contribution in [2.24, 2.45) is 0 Å². The molecule has 1 fully saturated rings. The van der Waals surface area contributed by atoms with Gasteiger partial charge in [-0.2, -0.15) is 9.40 Å². The van der Waals surface area contributed by atoms with Crippen LogP contribution in [0.15, 0.2) is 23.1 Å². The van der Waals surface area contributed by atoms with Crippen LogP contribution in [0.5, 0.6) is 11.5 Å². The van der Waals surface area contributed by atoms with Gasteiger partial charge in [-0.05, 0) is 45.4 Å². The van der Waals surface area contributed by atoms with Crippen molar-refractivity contribution in [1.29, 1.82) is 0 Å². The minimum absolute atomic E-state index is 0.0470. The maximum absolute atomic E-state index is 13.3. The number of amides is 1. The lowest BCUT2D eigenvalue weighted by molar-refractivity contribution is -0.131. The quantitative estimate of drug-likeness (QED) is 0.623. The number of hydrogen-bond donors (Lipinski definition) is 0. The van der Waals surface area contributed by atoms with E-state index in [1.165, 1.54) is 4.31 Å². The topological polar surface area (TPSA) is 94.0 Å². The molecule has 0 radical (unpaired) electrons. The number of rotatable bonds is 7. The number of carbonyl (C=O) groups excluding carboxylic acids is 1. The highest BCUT2D eigenvalue weighted by atomic mass is 32.2. The van der Waals surface area contributed by atoms with Gasteiger partial charge in [0.2, 0.25) is 15.9 Å². The third-order valence-corrected chi connectivity index (χ3v) is 7.89. The molecule has 1 aliphatic rings. The molecule has 3 rings (SSSR count). The largest absolute Gasteiger partial charge is 0.493 e. The van der Waals surface area contributed by atoms with E-state index < -0.39 is 10.0 Å². The van der Waals surface area contributed by atoms with Crippen LogP contribution in [0.2, 0.25) is 0 Å². The highest BCUT2D eigenvalue weighted by Crippen LogP contribution is 2.29. The molecule has 0 saturated carbocycles. The first-order valence-corrected chi connectivity index (χ1v) is 12.1. The van der Waals surface area contributed by atoms with Crippen molar-refractivity contribution >= 4 is 15.9 Å². The van der Waals surface area contributed by atoms with Crippen LogP contribution in [0, 0.1) is 13.8 Å². The Kier molecular flexibility index (Phi) is 7.14. The minimum atomic E-state index is -3.68. The molecule has 1 aliphatic heterocycles. The maximum Gasteiger partial charge on any atom is 0.246 e. The van der Waals surface area contributed by atoms with E-state index in [-0.39, 0.29) is 36.4 Å². The van der Waals surface area contributed by atoms with Crippen LogP contribution >= 0.6 is 0 Å². The van der Waals surface area contributed by atoms with E-state index in [2.05, 4.69) is 5.10 Å². The monoisotopic (exact) mass is 464 g/mol. The molecule has 0 N–H and O–H groups in total. The van der Waals surface area contributed by atoms with Crippen molar-refractivity contribution in [3.05, 3.63) is 35.2 Å². The summed E-state index contributed by atoms with van der Waals surface area (Å²) in [5.74, 6) is 1.13. The van der Waals surface area contributed by atoms with E-state index in [9.17, 15) is 13.2 Å². The van der Waals surface area contributed by atoms with E-state index in [0.29, 0.717) is 36.0 Å². The number of methoxy groups -OCH3 is 2. The number of sulfonamides is 1. The molecule has 176 valence electrons. The molecule has 2 heterocycles. The fraction of sp³-hybridized carbons (Fsp3) is 0.545. The zero-order valence-corrected chi connectivity index (χ0v) is 20.4. The van der Waals surface area contributed by atoms with Crippen LogP contribution in [-0.2, 0) is 21.2 Å². The summed E-state index contributed by atoms with van der Waals surface area (Å²) >= 11 is 0. The fourth-order valence-corrected chi connectivity index (χ4v) is 5.89. The molecule has 2 aromatic rings. The molecule has 0 aliphatic carbocycles. The van der Waals surface area contributed by atoms with Gasteiger partial charge in [0, 0.05) is 32.2 Å². The highest BCUT2D eigenvalue weighted by molar-refractivity contribution is 7.89. The molecular formula is C22H32N4O5S. The highest BCUT2D eigenvalue weighted by Gasteiger charge is 2.34. The summed E-state index contributed by atoms with van der Waals surface area (Å²) in [4.78, 5) is 14.8. The van der Waals surface area contributed by atoms with Crippen molar-refractivity contribution < 1.29 is 22.7 Å². The van der Waals surface area contributed by atoms with Gasteiger partial charge in [-0.1, -0.05) is 6.07 Å². The van der Waals surface area contributed by atoms with Gasteiger partial charge in [0.1, 0.15) is 4.90 Å². The van der Waals surface area contributed by atoms with Crippen LogP contribution in [0.25, 0.3) is 0 Å². The molecule has 0 spiro atoms. The summed E-state index contributed by atoms with van der Waals surface area (Å²) in [6.45, 7) is 8.66. The third kappa shape index (κ3) is 4.61. The van der Waals surface area contributed by atoms with Gasteiger partial charge < -0.3 is 14.4 Å². The Morgan fingerprint density at radius 2 is 1.69 bits per heavy atom. The van der Waals surface area contributed by atoms with Gasteiger partial charge in [-0.3, -0.25) is 9.48 Å². The minimum Gasteiger partial charge on any atom is -0.493 e. The second-order valence-corrected chi connectivity index (χ2v) is 10.1. The number of nitrogens with zero attached hydrogens (tertiary/aromatic N) is 4. The van der Waals surface area contributed by atoms with Crippen molar-refractivity contribution in [2.45, 2.75) is 45.1 Å².